The van der Waals surface area contributed by atoms with Gasteiger partial charge in [-0.1, -0.05) is 42.5 Å². The first-order valence-electron chi connectivity index (χ1n) is 7.77. The Hall–Kier alpha value is -1.84. The predicted octanol–water partition coefficient (Wildman–Crippen LogP) is 3.34. The summed E-state index contributed by atoms with van der Waals surface area (Å²) in [7, 11) is 1.69. The van der Waals surface area contributed by atoms with Gasteiger partial charge in [0.15, 0.2) is 0 Å². The highest BCUT2D eigenvalue weighted by Gasteiger charge is 2.15. The van der Waals surface area contributed by atoms with E-state index in [9.17, 15) is 0 Å². The normalized spacial score (nSPS) is 13.6. The lowest BCUT2D eigenvalue weighted by molar-refractivity contribution is 0.263. The maximum atomic E-state index is 9.12. The summed E-state index contributed by atoms with van der Waals surface area (Å²) < 4.78 is 5.31. The third-order valence-electron chi connectivity index (χ3n) is 3.82. The summed E-state index contributed by atoms with van der Waals surface area (Å²) in [5.74, 6) is 0.882. The standard InChI is InChI=1S/C19H25NO2/c1-15(11-12-21)20-19(17-8-4-3-5-9-17)14-16-7-6-10-18(13-16)22-2/h3-10,13,15,19-21H,11-12,14H2,1-2H3/t15-,19?/m1/s1. The molecule has 0 heterocycles. The van der Waals surface area contributed by atoms with Crippen LogP contribution in [-0.4, -0.2) is 24.9 Å². The number of rotatable bonds is 8. The number of nitrogens with one attached hydrogen (secondary N) is 1. The third kappa shape index (κ3) is 4.86. The summed E-state index contributed by atoms with van der Waals surface area (Å²) in [5, 5.41) is 12.7. The Morgan fingerprint density at radius 2 is 1.86 bits per heavy atom. The van der Waals surface area contributed by atoms with Gasteiger partial charge < -0.3 is 15.2 Å². The minimum atomic E-state index is 0.203. The van der Waals surface area contributed by atoms with Crippen molar-refractivity contribution in [1.82, 2.24) is 5.32 Å². The summed E-state index contributed by atoms with van der Waals surface area (Å²) in [5.41, 5.74) is 2.49. The minimum Gasteiger partial charge on any atom is -0.497 e. The molecule has 0 radical (unpaired) electrons. The highest BCUT2D eigenvalue weighted by molar-refractivity contribution is 5.30. The fourth-order valence-electron chi connectivity index (χ4n) is 2.61. The summed E-state index contributed by atoms with van der Waals surface area (Å²) >= 11 is 0. The summed E-state index contributed by atoms with van der Waals surface area (Å²) in [6, 6.07) is 19.1. The van der Waals surface area contributed by atoms with Gasteiger partial charge in [0, 0.05) is 18.7 Å². The maximum Gasteiger partial charge on any atom is 0.119 e. The molecule has 2 N–H and O–H groups in total. The number of methoxy groups -OCH3 is 1. The molecule has 0 amide bonds. The Morgan fingerprint density at radius 3 is 2.55 bits per heavy atom. The Labute approximate surface area is 133 Å². The van der Waals surface area contributed by atoms with Gasteiger partial charge in [0.1, 0.15) is 5.75 Å². The van der Waals surface area contributed by atoms with Crippen LogP contribution in [0.3, 0.4) is 0 Å². The number of hydrogen-bond acceptors (Lipinski definition) is 3. The molecule has 3 heteroatoms. The highest BCUT2D eigenvalue weighted by atomic mass is 16.5. The van der Waals surface area contributed by atoms with Crippen molar-refractivity contribution in [3.05, 3.63) is 65.7 Å². The zero-order chi connectivity index (χ0) is 15.8. The molecule has 3 nitrogen and oxygen atoms in total. The van der Waals surface area contributed by atoms with E-state index < -0.39 is 0 Å². The van der Waals surface area contributed by atoms with Crippen LogP contribution in [0.4, 0.5) is 0 Å². The predicted molar refractivity (Wildman–Crippen MR) is 90.2 cm³/mol. The van der Waals surface area contributed by atoms with Gasteiger partial charge in [-0.05, 0) is 43.0 Å². The summed E-state index contributed by atoms with van der Waals surface area (Å²) in [6.07, 6.45) is 1.64. The lowest BCUT2D eigenvalue weighted by Gasteiger charge is -2.24. The van der Waals surface area contributed by atoms with Crippen LogP contribution in [0, 0.1) is 0 Å². The van der Waals surface area contributed by atoms with Crippen LogP contribution in [0.25, 0.3) is 0 Å². The molecule has 0 aliphatic rings. The van der Waals surface area contributed by atoms with E-state index in [2.05, 4.69) is 48.6 Å². The number of aliphatic hydroxyl groups excluding tert-OH is 1. The molecule has 0 aromatic heterocycles. The molecular formula is C19H25NO2. The smallest absolute Gasteiger partial charge is 0.119 e. The van der Waals surface area contributed by atoms with E-state index in [4.69, 9.17) is 9.84 Å². The monoisotopic (exact) mass is 299 g/mol. The Bertz CT molecular complexity index is 556. The topological polar surface area (TPSA) is 41.5 Å². The molecular weight excluding hydrogens is 274 g/mol. The van der Waals surface area contributed by atoms with Crippen LogP contribution < -0.4 is 10.1 Å². The van der Waals surface area contributed by atoms with E-state index in [0.717, 1.165) is 18.6 Å². The van der Waals surface area contributed by atoms with Crippen LogP contribution in [0.1, 0.15) is 30.5 Å². The van der Waals surface area contributed by atoms with Gasteiger partial charge in [0.25, 0.3) is 0 Å². The van der Waals surface area contributed by atoms with Gasteiger partial charge in [-0.25, -0.2) is 0 Å². The molecule has 0 spiro atoms. The van der Waals surface area contributed by atoms with E-state index in [1.165, 1.54) is 11.1 Å². The Morgan fingerprint density at radius 1 is 1.09 bits per heavy atom. The fraction of sp³-hybridized carbons (Fsp3) is 0.368. The maximum absolute atomic E-state index is 9.12. The summed E-state index contributed by atoms with van der Waals surface area (Å²) in [4.78, 5) is 0. The van der Waals surface area contributed by atoms with Crippen molar-refractivity contribution in [2.24, 2.45) is 0 Å². The molecule has 0 fully saturated rings. The van der Waals surface area contributed by atoms with E-state index in [1.54, 1.807) is 7.11 Å². The molecule has 0 aliphatic heterocycles. The van der Waals surface area contributed by atoms with Crippen molar-refractivity contribution >= 4 is 0 Å². The second kappa shape index (κ2) is 8.57. The van der Waals surface area contributed by atoms with Gasteiger partial charge in [-0.15, -0.1) is 0 Å². The number of benzene rings is 2. The molecule has 2 aromatic rings. The molecule has 118 valence electrons. The van der Waals surface area contributed by atoms with Crippen molar-refractivity contribution < 1.29 is 9.84 Å². The van der Waals surface area contributed by atoms with Crippen molar-refractivity contribution in [1.29, 1.82) is 0 Å². The average Bonchev–Trinajstić information content (AvgIpc) is 2.55. The van der Waals surface area contributed by atoms with Crippen LogP contribution >= 0.6 is 0 Å². The van der Waals surface area contributed by atoms with Gasteiger partial charge in [-0.3, -0.25) is 0 Å². The van der Waals surface area contributed by atoms with Crippen LogP contribution in [0.2, 0.25) is 0 Å². The molecule has 2 aromatic carbocycles. The number of ether oxygens (including phenoxy) is 1. The average molecular weight is 299 g/mol. The van der Waals surface area contributed by atoms with E-state index in [0.29, 0.717) is 0 Å². The van der Waals surface area contributed by atoms with Crippen molar-refractivity contribution in [2.45, 2.75) is 31.8 Å². The zero-order valence-corrected chi connectivity index (χ0v) is 13.3. The van der Waals surface area contributed by atoms with Crippen molar-refractivity contribution in [3.63, 3.8) is 0 Å². The minimum absolute atomic E-state index is 0.203. The molecule has 0 saturated carbocycles. The molecule has 0 saturated heterocycles. The fourth-order valence-corrected chi connectivity index (χ4v) is 2.61. The van der Waals surface area contributed by atoms with Crippen molar-refractivity contribution in [2.75, 3.05) is 13.7 Å². The third-order valence-corrected chi connectivity index (χ3v) is 3.82. The van der Waals surface area contributed by atoms with Crippen LogP contribution in [-0.2, 0) is 6.42 Å². The SMILES string of the molecule is COc1cccc(CC(N[C@H](C)CCO)c2ccccc2)c1. The quantitative estimate of drug-likeness (QED) is 0.785. The molecule has 1 unspecified atom stereocenters. The van der Waals surface area contributed by atoms with Gasteiger partial charge in [-0.2, -0.15) is 0 Å². The Kier molecular flexibility index (Phi) is 6.44. The first-order chi connectivity index (χ1) is 10.7. The molecule has 22 heavy (non-hydrogen) atoms. The van der Waals surface area contributed by atoms with E-state index >= 15 is 0 Å². The first-order valence-corrected chi connectivity index (χ1v) is 7.77. The van der Waals surface area contributed by atoms with E-state index in [1.807, 2.05) is 18.2 Å². The lowest BCUT2D eigenvalue weighted by atomic mass is 9.97. The highest BCUT2D eigenvalue weighted by Crippen LogP contribution is 2.22. The second-order valence-electron chi connectivity index (χ2n) is 5.60. The molecule has 2 rings (SSSR count). The molecule has 0 aliphatic carbocycles. The number of aliphatic hydroxyl groups is 1. The zero-order valence-electron chi connectivity index (χ0n) is 13.3. The van der Waals surface area contributed by atoms with E-state index in [-0.39, 0.29) is 18.7 Å². The second-order valence-corrected chi connectivity index (χ2v) is 5.60. The number of hydrogen-bond donors (Lipinski definition) is 2. The summed E-state index contributed by atoms with van der Waals surface area (Å²) in [6.45, 7) is 2.31. The van der Waals surface area contributed by atoms with Crippen LogP contribution in [0.15, 0.2) is 54.6 Å². The van der Waals surface area contributed by atoms with Gasteiger partial charge in [0.2, 0.25) is 0 Å². The molecule has 0 bridgehead atoms. The lowest BCUT2D eigenvalue weighted by Crippen LogP contribution is -2.32. The first kappa shape index (κ1) is 16.5. The van der Waals surface area contributed by atoms with Gasteiger partial charge >= 0.3 is 0 Å². The van der Waals surface area contributed by atoms with Crippen molar-refractivity contribution in [3.8, 4) is 5.75 Å². The van der Waals surface area contributed by atoms with Gasteiger partial charge in [0.05, 0.1) is 7.11 Å². The largest absolute Gasteiger partial charge is 0.497 e. The Balaban J connectivity index is 2.16. The van der Waals surface area contributed by atoms with Crippen LogP contribution in [0.5, 0.6) is 5.75 Å². The molecule has 2 atom stereocenters.